The summed E-state index contributed by atoms with van der Waals surface area (Å²) in [5.41, 5.74) is 2.11. The molecule has 2 aromatic carbocycles. The Labute approximate surface area is 187 Å². The van der Waals surface area contributed by atoms with E-state index >= 15 is 0 Å². The Hall–Kier alpha value is -3.81. The van der Waals surface area contributed by atoms with Gasteiger partial charge in [-0.3, -0.25) is 4.79 Å². The van der Waals surface area contributed by atoms with Gasteiger partial charge in [-0.2, -0.15) is 5.10 Å². The molecule has 1 unspecified atom stereocenters. The number of aromatic nitrogens is 2. The molecule has 1 aromatic heterocycles. The van der Waals surface area contributed by atoms with Gasteiger partial charge >= 0.3 is 5.97 Å². The van der Waals surface area contributed by atoms with Crippen LogP contribution in [0.5, 0.6) is 11.5 Å². The Morgan fingerprint density at radius 2 is 1.78 bits per heavy atom. The zero-order valence-electron chi connectivity index (χ0n) is 18.6. The summed E-state index contributed by atoms with van der Waals surface area (Å²) in [6, 6.07) is 14.7. The summed E-state index contributed by atoms with van der Waals surface area (Å²) >= 11 is 0. The minimum absolute atomic E-state index is 0.000756. The smallest absolute Gasteiger partial charge is 0.360 e. The van der Waals surface area contributed by atoms with Crippen molar-refractivity contribution in [2.24, 2.45) is 0 Å². The van der Waals surface area contributed by atoms with E-state index in [4.69, 9.17) is 14.2 Å². The first kappa shape index (κ1) is 22.9. The van der Waals surface area contributed by atoms with Gasteiger partial charge in [-0.15, -0.1) is 0 Å². The maximum Gasteiger partial charge on any atom is 0.360 e. The Kier molecular flexibility index (Phi) is 7.49. The molecule has 0 radical (unpaired) electrons. The van der Waals surface area contributed by atoms with Gasteiger partial charge in [-0.1, -0.05) is 31.2 Å². The Morgan fingerprint density at radius 1 is 1.06 bits per heavy atom. The van der Waals surface area contributed by atoms with Crippen LogP contribution >= 0.6 is 0 Å². The first-order valence-corrected chi connectivity index (χ1v) is 10.3. The van der Waals surface area contributed by atoms with Gasteiger partial charge < -0.3 is 19.5 Å². The summed E-state index contributed by atoms with van der Waals surface area (Å²) in [7, 11) is 3.10. The molecule has 0 saturated carbocycles. The first-order chi connectivity index (χ1) is 15.5. The second-order valence-corrected chi connectivity index (χ2v) is 7.19. The van der Waals surface area contributed by atoms with Crippen molar-refractivity contribution in [2.45, 2.75) is 26.3 Å². The number of carbonyl (C=O) groups is 2. The number of esters is 1. The molecule has 0 aliphatic carbocycles. The maximum absolute atomic E-state index is 12.9. The molecule has 0 saturated heterocycles. The molecule has 0 fully saturated rings. The predicted octanol–water partition coefficient (Wildman–Crippen LogP) is 3.63. The fraction of sp³-hybridized carbons (Fsp3) is 0.292. The summed E-state index contributed by atoms with van der Waals surface area (Å²) in [6.07, 6.45) is 2.52. The maximum atomic E-state index is 12.9. The van der Waals surface area contributed by atoms with Crippen LogP contribution < -0.4 is 14.8 Å². The van der Waals surface area contributed by atoms with E-state index in [1.54, 1.807) is 43.3 Å². The van der Waals surface area contributed by atoms with Gasteiger partial charge in [0.15, 0.2) is 23.8 Å². The van der Waals surface area contributed by atoms with Crippen LogP contribution in [0.3, 0.4) is 0 Å². The molecule has 1 atom stereocenters. The lowest BCUT2D eigenvalue weighted by Crippen LogP contribution is -2.35. The van der Waals surface area contributed by atoms with Crippen molar-refractivity contribution < 1.29 is 23.8 Å². The number of amides is 1. The van der Waals surface area contributed by atoms with Crippen LogP contribution in [0.25, 0.3) is 16.8 Å². The van der Waals surface area contributed by atoms with E-state index in [0.717, 1.165) is 12.1 Å². The lowest BCUT2D eigenvalue weighted by molar-refractivity contribution is -0.124. The highest BCUT2D eigenvalue weighted by Gasteiger charge is 2.22. The number of rotatable bonds is 9. The molecule has 168 valence electrons. The molecule has 1 N–H and O–H groups in total. The molecular formula is C24H27N3O5. The minimum atomic E-state index is -0.691. The number of benzene rings is 2. The second kappa shape index (κ2) is 10.5. The van der Waals surface area contributed by atoms with Crippen LogP contribution in [-0.2, 0) is 9.53 Å². The topological polar surface area (TPSA) is 91.7 Å². The van der Waals surface area contributed by atoms with E-state index in [1.165, 1.54) is 0 Å². The van der Waals surface area contributed by atoms with Crippen molar-refractivity contribution in [3.8, 4) is 28.3 Å². The van der Waals surface area contributed by atoms with Gasteiger partial charge in [0.25, 0.3) is 5.91 Å². The molecule has 8 nitrogen and oxygen atoms in total. The lowest BCUT2D eigenvalue weighted by Gasteiger charge is -2.11. The number of nitrogens with zero attached hydrogens (tertiary/aromatic N) is 2. The van der Waals surface area contributed by atoms with Gasteiger partial charge in [0.05, 0.1) is 19.9 Å². The number of methoxy groups -OCH3 is 2. The van der Waals surface area contributed by atoms with Crippen LogP contribution in [0.15, 0.2) is 54.7 Å². The van der Waals surface area contributed by atoms with Crippen molar-refractivity contribution >= 4 is 11.9 Å². The van der Waals surface area contributed by atoms with E-state index in [9.17, 15) is 9.59 Å². The third-order valence-electron chi connectivity index (χ3n) is 4.98. The fourth-order valence-electron chi connectivity index (χ4n) is 3.07. The van der Waals surface area contributed by atoms with Crippen molar-refractivity contribution in [3.05, 3.63) is 60.4 Å². The van der Waals surface area contributed by atoms with Crippen molar-refractivity contribution in [1.82, 2.24) is 15.1 Å². The average molecular weight is 437 g/mol. The molecule has 0 aliphatic rings. The molecule has 0 spiro atoms. The SMILES string of the molecule is CCC(C)NC(=O)COC(=O)c1nn(-c2ccccc2)cc1-c1ccc(OC)c(OC)c1. The second-order valence-electron chi connectivity index (χ2n) is 7.19. The van der Waals surface area contributed by atoms with E-state index in [2.05, 4.69) is 10.4 Å². The largest absolute Gasteiger partial charge is 0.493 e. The van der Waals surface area contributed by atoms with Crippen LogP contribution in [0.1, 0.15) is 30.8 Å². The molecular weight excluding hydrogens is 410 g/mol. The Morgan fingerprint density at radius 3 is 2.44 bits per heavy atom. The van der Waals surface area contributed by atoms with Gasteiger partial charge in [0, 0.05) is 17.8 Å². The predicted molar refractivity (Wildman–Crippen MR) is 120 cm³/mol. The summed E-state index contributed by atoms with van der Waals surface area (Å²) in [4.78, 5) is 24.9. The molecule has 0 bridgehead atoms. The first-order valence-electron chi connectivity index (χ1n) is 10.3. The van der Waals surface area contributed by atoms with Gasteiger partial charge in [0.2, 0.25) is 0 Å². The van der Waals surface area contributed by atoms with E-state index in [0.29, 0.717) is 22.6 Å². The minimum Gasteiger partial charge on any atom is -0.493 e. The van der Waals surface area contributed by atoms with Crippen LogP contribution in [0.4, 0.5) is 0 Å². The number of hydrogen-bond donors (Lipinski definition) is 1. The highest BCUT2D eigenvalue weighted by atomic mass is 16.5. The van der Waals surface area contributed by atoms with E-state index in [-0.39, 0.29) is 24.2 Å². The van der Waals surface area contributed by atoms with Gasteiger partial charge in [-0.25, -0.2) is 9.48 Å². The summed E-state index contributed by atoms with van der Waals surface area (Å²) < 4.78 is 17.6. The highest BCUT2D eigenvalue weighted by molar-refractivity contribution is 5.96. The molecule has 3 aromatic rings. The zero-order chi connectivity index (χ0) is 23.1. The highest BCUT2D eigenvalue weighted by Crippen LogP contribution is 2.34. The van der Waals surface area contributed by atoms with Gasteiger partial charge in [-0.05, 0) is 43.2 Å². The summed E-state index contributed by atoms with van der Waals surface area (Å²) in [5.74, 6) is 0.0360. The van der Waals surface area contributed by atoms with Crippen molar-refractivity contribution in [3.63, 3.8) is 0 Å². The Bertz CT molecular complexity index is 1080. The van der Waals surface area contributed by atoms with Gasteiger partial charge in [0.1, 0.15) is 0 Å². The monoisotopic (exact) mass is 437 g/mol. The Balaban J connectivity index is 1.94. The van der Waals surface area contributed by atoms with Crippen LogP contribution in [0.2, 0.25) is 0 Å². The number of carbonyl (C=O) groups excluding carboxylic acids is 2. The number of nitrogens with one attached hydrogen (secondary N) is 1. The molecule has 1 amide bonds. The molecule has 0 aliphatic heterocycles. The molecule has 8 heteroatoms. The molecule has 3 rings (SSSR count). The summed E-state index contributed by atoms with van der Waals surface area (Å²) in [5, 5.41) is 7.22. The quantitative estimate of drug-likeness (QED) is 0.514. The van der Waals surface area contributed by atoms with Crippen molar-refractivity contribution in [2.75, 3.05) is 20.8 Å². The average Bonchev–Trinajstić information content (AvgIpc) is 3.28. The third kappa shape index (κ3) is 5.26. The number of hydrogen-bond acceptors (Lipinski definition) is 6. The fourth-order valence-corrected chi connectivity index (χ4v) is 3.07. The third-order valence-corrected chi connectivity index (χ3v) is 4.98. The number of para-hydroxylation sites is 1. The number of ether oxygens (including phenoxy) is 3. The normalized spacial score (nSPS) is 11.5. The summed E-state index contributed by atoms with van der Waals surface area (Å²) in [6.45, 7) is 3.46. The molecule has 32 heavy (non-hydrogen) atoms. The van der Waals surface area contributed by atoms with Crippen LogP contribution in [-0.4, -0.2) is 48.5 Å². The van der Waals surface area contributed by atoms with Crippen LogP contribution in [0, 0.1) is 0 Å². The molecule has 1 heterocycles. The standard InChI is InChI=1S/C24H27N3O5/c1-5-16(2)25-22(28)15-32-24(29)23-19(14-27(26-23)18-9-7-6-8-10-18)17-11-12-20(30-3)21(13-17)31-4/h6-14,16H,5,15H2,1-4H3,(H,25,28). The van der Waals surface area contributed by atoms with Crippen molar-refractivity contribution in [1.29, 1.82) is 0 Å². The van der Waals surface area contributed by atoms with E-state index < -0.39 is 5.97 Å². The lowest BCUT2D eigenvalue weighted by atomic mass is 10.1. The zero-order valence-corrected chi connectivity index (χ0v) is 18.6. The van der Waals surface area contributed by atoms with E-state index in [1.807, 2.05) is 44.2 Å².